The van der Waals surface area contributed by atoms with Crippen LogP contribution in [0.25, 0.3) is 0 Å². The molecular formula is C12H13F3N2OS. The third kappa shape index (κ3) is 3.42. The number of nitrogens with one attached hydrogen (secondary N) is 2. The summed E-state index contributed by atoms with van der Waals surface area (Å²) in [4.78, 5) is 11.8. The van der Waals surface area contributed by atoms with E-state index in [-0.39, 0.29) is 23.2 Å². The summed E-state index contributed by atoms with van der Waals surface area (Å²) in [6, 6.07) is 3.45. The molecule has 1 aromatic carbocycles. The zero-order chi connectivity index (χ0) is 14.0. The number of benzene rings is 1. The quantitative estimate of drug-likeness (QED) is 0.879. The number of anilines is 1. The number of alkyl halides is 3. The molecule has 7 heteroatoms. The molecule has 1 aliphatic rings. The number of carbonyl (C=O) groups excluding carboxylic acids is 1. The number of thioether (sulfide) groups is 1. The number of carbonyl (C=O) groups is 1. The van der Waals surface area contributed by atoms with Crippen molar-refractivity contribution in [2.24, 2.45) is 0 Å². The Hall–Kier alpha value is -1.21. The van der Waals surface area contributed by atoms with Gasteiger partial charge in [-0.1, -0.05) is 6.07 Å². The molecule has 1 fully saturated rings. The van der Waals surface area contributed by atoms with E-state index in [1.807, 2.05) is 0 Å². The Morgan fingerprint density at radius 1 is 1.47 bits per heavy atom. The predicted octanol–water partition coefficient (Wildman–Crippen LogP) is 2.61. The minimum absolute atomic E-state index is 0.139. The molecule has 2 rings (SSSR count). The van der Waals surface area contributed by atoms with Gasteiger partial charge < -0.3 is 5.32 Å². The summed E-state index contributed by atoms with van der Waals surface area (Å²) in [5.74, 6) is 1.01. The molecule has 1 aromatic rings. The molecule has 1 atom stereocenters. The summed E-state index contributed by atoms with van der Waals surface area (Å²) in [7, 11) is 0. The van der Waals surface area contributed by atoms with Crippen LogP contribution in [0, 0.1) is 6.92 Å². The highest BCUT2D eigenvalue weighted by Crippen LogP contribution is 2.33. The van der Waals surface area contributed by atoms with E-state index >= 15 is 0 Å². The summed E-state index contributed by atoms with van der Waals surface area (Å²) >= 11 is 1.58. The van der Waals surface area contributed by atoms with Crippen LogP contribution < -0.4 is 10.6 Å². The van der Waals surface area contributed by atoms with E-state index in [0.29, 0.717) is 11.6 Å². The highest BCUT2D eigenvalue weighted by molar-refractivity contribution is 7.99. The molecule has 0 aliphatic carbocycles. The second-order valence-electron chi connectivity index (χ2n) is 4.29. The fraction of sp³-hybridized carbons (Fsp3) is 0.417. The number of hydrogen-bond donors (Lipinski definition) is 2. The van der Waals surface area contributed by atoms with Crippen LogP contribution >= 0.6 is 11.8 Å². The Morgan fingerprint density at radius 3 is 2.79 bits per heavy atom. The Bertz CT molecular complexity index is 484. The molecule has 19 heavy (non-hydrogen) atoms. The predicted molar refractivity (Wildman–Crippen MR) is 69.1 cm³/mol. The monoisotopic (exact) mass is 290 g/mol. The lowest BCUT2D eigenvalue weighted by Crippen LogP contribution is -2.37. The maximum atomic E-state index is 12.7. The van der Waals surface area contributed by atoms with Gasteiger partial charge in [-0.25, -0.2) is 0 Å². The van der Waals surface area contributed by atoms with Crippen LogP contribution in [0.3, 0.4) is 0 Å². The summed E-state index contributed by atoms with van der Waals surface area (Å²) in [5, 5.41) is 5.47. The average Bonchev–Trinajstić information content (AvgIpc) is 2.83. The maximum Gasteiger partial charge on any atom is 0.416 e. The number of rotatable bonds is 2. The van der Waals surface area contributed by atoms with Crippen molar-refractivity contribution in [2.75, 3.05) is 16.9 Å². The largest absolute Gasteiger partial charge is 0.416 e. The second kappa shape index (κ2) is 5.42. The van der Waals surface area contributed by atoms with Crippen LogP contribution in [-0.4, -0.2) is 23.6 Å². The number of aryl methyl sites for hydroxylation is 1. The minimum Gasteiger partial charge on any atom is -0.325 e. The van der Waals surface area contributed by atoms with Crippen molar-refractivity contribution in [3.8, 4) is 0 Å². The smallest absolute Gasteiger partial charge is 0.325 e. The second-order valence-corrected chi connectivity index (χ2v) is 5.32. The Kier molecular flexibility index (Phi) is 4.05. The van der Waals surface area contributed by atoms with E-state index in [4.69, 9.17) is 0 Å². The first-order valence-electron chi connectivity index (χ1n) is 5.68. The van der Waals surface area contributed by atoms with Crippen molar-refractivity contribution in [1.82, 2.24) is 5.32 Å². The molecule has 2 N–H and O–H groups in total. The van der Waals surface area contributed by atoms with Crippen LogP contribution in [0.1, 0.15) is 11.1 Å². The van der Waals surface area contributed by atoms with Crippen LogP contribution in [0.4, 0.5) is 18.9 Å². The van der Waals surface area contributed by atoms with Gasteiger partial charge in [-0.3, -0.25) is 10.1 Å². The van der Waals surface area contributed by atoms with Gasteiger partial charge in [0.05, 0.1) is 11.6 Å². The number of halogens is 3. The van der Waals surface area contributed by atoms with Crippen LogP contribution in [0.2, 0.25) is 0 Å². The van der Waals surface area contributed by atoms with Gasteiger partial charge in [0.15, 0.2) is 0 Å². The lowest BCUT2D eigenvalue weighted by atomic mass is 10.1. The zero-order valence-corrected chi connectivity index (χ0v) is 11.0. The van der Waals surface area contributed by atoms with Crippen molar-refractivity contribution in [2.45, 2.75) is 19.1 Å². The van der Waals surface area contributed by atoms with E-state index in [1.54, 1.807) is 11.8 Å². The third-order valence-corrected chi connectivity index (χ3v) is 3.78. The summed E-state index contributed by atoms with van der Waals surface area (Å²) in [6.07, 6.45) is -4.41. The lowest BCUT2D eigenvalue weighted by Gasteiger charge is -2.14. The van der Waals surface area contributed by atoms with Gasteiger partial charge in [-0.05, 0) is 24.6 Å². The Labute approximate surface area is 112 Å². The molecule has 0 saturated carbocycles. The molecule has 0 aromatic heterocycles. The van der Waals surface area contributed by atoms with Gasteiger partial charge in [-0.15, -0.1) is 11.8 Å². The van der Waals surface area contributed by atoms with E-state index in [9.17, 15) is 18.0 Å². The fourth-order valence-electron chi connectivity index (χ4n) is 1.80. The zero-order valence-electron chi connectivity index (χ0n) is 10.2. The molecule has 0 bridgehead atoms. The number of amides is 1. The third-order valence-electron chi connectivity index (χ3n) is 2.84. The fourth-order valence-corrected chi connectivity index (χ4v) is 2.74. The van der Waals surface area contributed by atoms with Gasteiger partial charge in [-0.2, -0.15) is 13.2 Å². The van der Waals surface area contributed by atoms with Crippen LogP contribution in [0.15, 0.2) is 18.2 Å². The van der Waals surface area contributed by atoms with E-state index in [0.717, 1.165) is 6.07 Å². The van der Waals surface area contributed by atoms with Gasteiger partial charge in [0, 0.05) is 17.3 Å². The SMILES string of the molecule is Cc1ccc(NC(=O)[C@H]2CSCN2)cc1C(F)(F)F. The summed E-state index contributed by atoms with van der Waals surface area (Å²) < 4.78 is 38.2. The van der Waals surface area contributed by atoms with Crippen LogP contribution in [0.5, 0.6) is 0 Å². The average molecular weight is 290 g/mol. The van der Waals surface area contributed by atoms with E-state index < -0.39 is 11.7 Å². The molecule has 0 unspecified atom stereocenters. The highest BCUT2D eigenvalue weighted by Gasteiger charge is 2.32. The molecule has 104 valence electrons. The first-order chi connectivity index (χ1) is 8.88. The highest BCUT2D eigenvalue weighted by atomic mass is 32.2. The minimum atomic E-state index is -4.41. The topological polar surface area (TPSA) is 41.1 Å². The maximum absolute atomic E-state index is 12.7. The van der Waals surface area contributed by atoms with Gasteiger partial charge in [0.1, 0.15) is 0 Å². The van der Waals surface area contributed by atoms with Crippen molar-refractivity contribution in [1.29, 1.82) is 0 Å². The van der Waals surface area contributed by atoms with Crippen LogP contribution in [-0.2, 0) is 11.0 Å². The Morgan fingerprint density at radius 2 is 2.21 bits per heavy atom. The van der Waals surface area contributed by atoms with Gasteiger partial charge in [0.25, 0.3) is 0 Å². The molecule has 1 aliphatic heterocycles. The molecule has 0 spiro atoms. The van der Waals surface area contributed by atoms with Crippen molar-refractivity contribution >= 4 is 23.4 Å². The first kappa shape index (κ1) is 14.2. The molecule has 0 radical (unpaired) electrons. The lowest BCUT2D eigenvalue weighted by molar-refractivity contribution is -0.138. The van der Waals surface area contributed by atoms with Crippen molar-refractivity contribution in [3.05, 3.63) is 29.3 Å². The summed E-state index contributed by atoms with van der Waals surface area (Å²) in [6.45, 7) is 1.39. The first-order valence-corrected chi connectivity index (χ1v) is 6.83. The molecule has 3 nitrogen and oxygen atoms in total. The normalized spacial score (nSPS) is 19.5. The molecule has 1 amide bonds. The molecule has 1 saturated heterocycles. The van der Waals surface area contributed by atoms with Crippen molar-refractivity contribution in [3.63, 3.8) is 0 Å². The summed E-state index contributed by atoms with van der Waals surface area (Å²) in [5.41, 5.74) is -0.416. The van der Waals surface area contributed by atoms with E-state index in [2.05, 4.69) is 10.6 Å². The molecular weight excluding hydrogens is 277 g/mol. The molecule has 1 heterocycles. The Balaban J connectivity index is 2.15. The standard InChI is InChI=1S/C12H13F3N2OS/c1-7-2-3-8(4-9(7)12(13,14)15)17-11(18)10-5-19-6-16-10/h2-4,10,16H,5-6H2,1H3,(H,17,18)/t10-/m1/s1. The van der Waals surface area contributed by atoms with Gasteiger partial charge in [0.2, 0.25) is 5.91 Å². The number of hydrogen-bond acceptors (Lipinski definition) is 3. The van der Waals surface area contributed by atoms with Crippen molar-refractivity contribution < 1.29 is 18.0 Å². The van der Waals surface area contributed by atoms with E-state index in [1.165, 1.54) is 19.1 Å². The van der Waals surface area contributed by atoms with Gasteiger partial charge >= 0.3 is 6.18 Å².